The Morgan fingerprint density at radius 1 is 1.32 bits per heavy atom. The highest BCUT2D eigenvalue weighted by molar-refractivity contribution is 5.78. The highest BCUT2D eigenvalue weighted by Gasteiger charge is 2.21. The van der Waals surface area contributed by atoms with Crippen LogP contribution in [0.2, 0.25) is 0 Å². The molecule has 0 radical (unpaired) electrons. The van der Waals surface area contributed by atoms with Crippen molar-refractivity contribution in [3.05, 3.63) is 23.9 Å². The van der Waals surface area contributed by atoms with Gasteiger partial charge in [-0.1, -0.05) is 6.92 Å². The molecule has 3 rings (SSSR count). The first kappa shape index (κ1) is 15.1. The van der Waals surface area contributed by atoms with Crippen LogP contribution in [-0.4, -0.2) is 23.1 Å². The van der Waals surface area contributed by atoms with Crippen molar-refractivity contribution >= 4 is 5.96 Å². The molecule has 0 bridgehead atoms. The summed E-state index contributed by atoms with van der Waals surface area (Å²) < 4.78 is 6.02. The number of ether oxygens (including phenoxy) is 1. The normalized spacial score (nSPS) is 25.8. The zero-order valence-corrected chi connectivity index (χ0v) is 13.3. The molecule has 0 spiro atoms. The standard InChI is InChI=1S/C17H26N4O/c1-12-2-6-15(7-3-12)22-16-10-13(8-9-19-16)11-20-17(18)21-14-4-5-14/h8-10,12,14-15H,2-7,11H2,1H3,(H3,18,20,21). The van der Waals surface area contributed by atoms with Gasteiger partial charge in [-0.15, -0.1) is 0 Å². The van der Waals surface area contributed by atoms with Crippen LogP contribution in [0, 0.1) is 5.92 Å². The molecule has 1 aromatic heterocycles. The summed E-state index contributed by atoms with van der Waals surface area (Å²) in [5.74, 6) is 2.07. The van der Waals surface area contributed by atoms with Crippen LogP contribution in [0.15, 0.2) is 23.3 Å². The Morgan fingerprint density at radius 2 is 2.09 bits per heavy atom. The van der Waals surface area contributed by atoms with E-state index in [0.717, 1.165) is 24.3 Å². The Labute approximate surface area is 132 Å². The van der Waals surface area contributed by atoms with Gasteiger partial charge in [-0.2, -0.15) is 0 Å². The number of rotatable bonds is 5. The molecule has 2 saturated carbocycles. The minimum Gasteiger partial charge on any atom is -0.474 e. The lowest BCUT2D eigenvalue weighted by Gasteiger charge is -2.26. The maximum absolute atomic E-state index is 6.02. The molecule has 0 atom stereocenters. The lowest BCUT2D eigenvalue weighted by Crippen LogP contribution is -2.33. The van der Waals surface area contributed by atoms with Crippen molar-refractivity contribution in [2.24, 2.45) is 16.6 Å². The van der Waals surface area contributed by atoms with E-state index in [1.807, 2.05) is 12.1 Å². The quantitative estimate of drug-likeness (QED) is 0.648. The lowest BCUT2D eigenvalue weighted by atomic mass is 9.89. The van der Waals surface area contributed by atoms with Crippen LogP contribution in [0.25, 0.3) is 0 Å². The second-order valence-corrected chi connectivity index (χ2v) is 6.62. The molecule has 1 heterocycles. The van der Waals surface area contributed by atoms with Crippen LogP contribution in [0.3, 0.4) is 0 Å². The average molecular weight is 302 g/mol. The molecular formula is C17H26N4O. The number of aromatic nitrogens is 1. The third-order valence-corrected chi connectivity index (χ3v) is 4.41. The third-order valence-electron chi connectivity index (χ3n) is 4.41. The Bertz CT molecular complexity index is 519. The summed E-state index contributed by atoms with van der Waals surface area (Å²) in [6, 6.07) is 4.48. The summed E-state index contributed by atoms with van der Waals surface area (Å²) >= 11 is 0. The van der Waals surface area contributed by atoms with E-state index in [2.05, 4.69) is 22.2 Å². The zero-order chi connectivity index (χ0) is 15.4. The summed E-state index contributed by atoms with van der Waals surface area (Å²) in [6.07, 6.45) is 9.25. The molecule has 5 nitrogen and oxygen atoms in total. The number of guanidine groups is 1. The van der Waals surface area contributed by atoms with E-state index in [4.69, 9.17) is 10.5 Å². The maximum atomic E-state index is 6.02. The second kappa shape index (κ2) is 6.99. The Balaban J connectivity index is 1.52. The Kier molecular flexibility index (Phi) is 4.80. The molecule has 2 aliphatic carbocycles. The van der Waals surface area contributed by atoms with Crippen molar-refractivity contribution in [1.82, 2.24) is 10.3 Å². The topological polar surface area (TPSA) is 72.5 Å². The SMILES string of the molecule is CC1CCC(Oc2cc(CN=C(N)NC3CC3)ccn2)CC1. The van der Waals surface area contributed by atoms with Gasteiger partial charge in [0.25, 0.3) is 0 Å². The van der Waals surface area contributed by atoms with Gasteiger partial charge < -0.3 is 15.8 Å². The predicted octanol–water partition coefficient (Wildman–Crippen LogP) is 2.61. The van der Waals surface area contributed by atoms with E-state index in [1.54, 1.807) is 6.20 Å². The number of hydrogen-bond donors (Lipinski definition) is 2. The van der Waals surface area contributed by atoms with E-state index >= 15 is 0 Å². The monoisotopic (exact) mass is 302 g/mol. The van der Waals surface area contributed by atoms with Crippen molar-refractivity contribution in [3.8, 4) is 5.88 Å². The highest BCUT2D eigenvalue weighted by Crippen LogP contribution is 2.26. The molecule has 0 amide bonds. The highest BCUT2D eigenvalue weighted by atomic mass is 16.5. The maximum Gasteiger partial charge on any atom is 0.213 e. The molecule has 120 valence electrons. The van der Waals surface area contributed by atoms with E-state index in [0.29, 0.717) is 30.5 Å². The molecule has 0 aromatic carbocycles. The molecule has 3 N–H and O–H groups in total. The van der Waals surface area contributed by atoms with Gasteiger partial charge in [0.15, 0.2) is 5.96 Å². The molecule has 2 aliphatic rings. The van der Waals surface area contributed by atoms with Crippen molar-refractivity contribution < 1.29 is 4.74 Å². The first-order valence-corrected chi connectivity index (χ1v) is 8.37. The van der Waals surface area contributed by atoms with Gasteiger partial charge in [-0.05, 0) is 56.1 Å². The average Bonchev–Trinajstić information content (AvgIpc) is 3.32. The molecule has 0 unspecified atom stereocenters. The number of aliphatic imine (C=N–C) groups is 1. The van der Waals surface area contributed by atoms with Gasteiger partial charge in [0.05, 0.1) is 6.54 Å². The smallest absolute Gasteiger partial charge is 0.213 e. The molecule has 0 saturated heterocycles. The largest absolute Gasteiger partial charge is 0.474 e. The van der Waals surface area contributed by atoms with Crippen LogP contribution in [0.4, 0.5) is 0 Å². The summed E-state index contributed by atoms with van der Waals surface area (Å²) in [4.78, 5) is 8.69. The van der Waals surface area contributed by atoms with Crippen LogP contribution >= 0.6 is 0 Å². The number of hydrogen-bond acceptors (Lipinski definition) is 3. The number of nitrogens with zero attached hydrogens (tertiary/aromatic N) is 2. The Hall–Kier alpha value is -1.78. The molecule has 0 aliphatic heterocycles. The van der Waals surface area contributed by atoms with Crippen LogP contribution in [0.1, 0.15) is 51.0 Å². The van der Waals surface area contributed by atoms with Gasteiger partial charge in [0.2, 0.25) is 5.88 Å². The van der Waals surface area contributed by atoms with Gasteiger partial charge >= 0.3 is 0 Å². The van der Waals surface area contributed by atoms with E-state index in [-0.39, 0.29) is 0 Å². The first-order chi connectivity index (χ1) is 10.7. The van der Waals surface area contributed by atoms with Gasteiger partial charge in [0, 0.05) is 18.3 Å². The number of pyridine rings is 1. The fourth-order valence-corrected chi connectivity index (χ4v) is 2.79. The molecule has 1 aromatic rings. The van der Waals surface area contributed by atoms with E-state index < -0.39 is 0 Å². The van der Waals surface area contributed by atoms with Gasteiger partial charge in [0.1, 0.15) is 6.10 Å². The lowest BCUT2D eigenvalue weighted by molar-refractivity contribution is 0.130. The fourth-order valence-electron chi connectivity index (χ4n) is 2.79. The zero-order valence-electron chi connectivity index (χ0n) is 13.3. The first-order valence-electron chi connectivity index (χ1n) is 8.37. The van der Waals surface area contributed by atoms with Crippen molar-refractivity contribution in [2.75, 3.05) is 0 Å². The van der Waals surface area contributed by atoms with Crippen LogP contribution in [-0.2, 0) is 6.54 Å². The Morgan fingerprint density at radius 3 is 2.82 bits per heavy atom. The third kappa shape index (κ3) is 4.61. The molecular weight excluding hydrogens is 276 g/mol. The summed E-state index contributed by atoms with van der Waals surface area (Å²) in [7, 11) is 0. The minimum absolute atomic E-state index is 0.309. The number of nitrogens with one attached hydrogen (secondary N) is 1. The predicted molar refractivity (Wildman–Crippen MR) is 87.8 cm³/mol. The summed E-state index contributed by atoms with van der Waals surface area (Å²) in [5, 5.41) is 3.19. The number of nitrogens with two attached hydrogens (primary N) is 1. The molecule has 5 heteroatoms. The molecule has 22 heavy (non-hydrogen) atoms. The van der Waals surface area contributed by atoms with Crippen molar-refractivity contribution in [1.29, 1.82) is 0 Å². The van der Waals surface area contributed by atoms with E-state index in [1.165, 1.54) is 25.7 Å². The van der Waals surface area contributed by atoms with Crippen LogP contribution in [0.5, 0.6) is 5.88 Å². The van der Waals surface area contributed by atoms with Crippen LogP contribution < -0.4 is 15.8 Å². The summed E-state index contributed by atoms with van der Waals surface area (Å²) in [5.41, 5.74) is 6.93. The molecule has 2 fully saturated rings. The summed E-state index contributed by atoms with van der Waals surface area (Å²) in [6.45, 7) is 2.87. The fraction of sp³-hybridized carbons (Fsp3) is 0.647. The van der Waals surface area contributed by atoms with Gasteiger partial charge in [-0.3, -0.25) is 0 Å². The van der Waals surface area contributed by atoms with E-state index in [9.17, 15) is 0 Å². The van der Waals surface area contributed by atoms with Crippen molar-refractivity contribution in [2.45, 2.75) is 64.1 Å². The van der Waals surface area contributed by atoms with Gasteiger partial charge in [-0.25, -0.2) is 9.98 Å². The second-order valence-electron chi connectivity index (χ2n) is 6.62. The van der Waals surface area contributed by atoms with Crippen molar-refractivity contribution in [3.63, 3.8) is 0 Å². The minimum atomic E-state index is 0.309.